The summed E-state index contributed by atoms with van der Waals surface area (Å²) in [4.78, 5) is 22.5. The first-order valence-electron chi connectivity index (χ1n) is 7.70. The number of nitrogens with two attached hydrogens (primary N) is 2. The first-order chi connectivity index (χ1) is 10.0. The zero-order valence-corrected chi connectivity index (χ0v) is 12.9. The lowest BCUT2D eigenvalue weighted by Crippen LogP contribution is -2.41. The van der Waals surface area contributed by atoms with Crippen molar-refractivity contribution >= 4 is 17.5 Å². The van der Waals surface area contributed by atoms with E-state index in [2.05, 4.69) is 16.9 Å². The summed E-state index contributed by atoms with van der Waals surface area (Å²) < 4.78 is 0. The van der Waals surface area contributed by atoms with Gasteiger partial charge >= 0.3 is 0 Å². The predicted octanol–water partition coefficient (Wildman–Crippen LogP) is 1.55. The average Bonchev–Trinajstić information content (AvgIpc) is 2.94. The molecule has 0 radical (unpaired) electrons. The second kappa shape index (κ2) is 6.74. The zero-order valence-electron chi connectivity index (χ0n) is 12.9. The van der Waals surface area contributed by atoms with Crippen LogP contribution in [0.25, 0.3) is 0 Å². The molecule has 1 aliphatic rings. The number of carbonyl (C=O) groups is 1. The molecule has 21 heavy (non-hydrogen) atoms. The number of aromatic nitrogens is 2. The molecule has 0 aliphatic heterocycles. The van der Waals surface area contributed by atoms with E-state index in [0.717, 1.165) is 42.9 Å². The van der Waals surface area contributed by atoms with Gasteiger partial charge in [0, 0.05) is 18.0 Å². The van der Waals surface area contributed by atoms with E-state index < -0.39 is 0 Å². The molecule has 0 spiro atoms. The van der Waals surface area contributed by atoms with Crippen LogP contribution in [0, 0.1) is 6.92 Å². The van der Waals surface area contributed by atoms with Gasteiger partial charge in [-0.25, -0.2) is 9.97 Å². The van der Waals surface area contributed by atoms with Crippen LogP contribution in [0.3, 0.4) is 0 Å². The van der Waals surface area contributed by atoms with Crippen LogP contribution >= 0.6 is 0 Å². The van der Waals surface area contributed by atoms with E-state index >= 15 is 0 Å². The van der Waals surface area contributed by atoms with Crippen molar-refractivity contribution in [2.45, 2.75) is 58.4 Å². The van der Waals surface area contributed by atoms with Crippen molar-refractivity contribution < 1.29 is 4.79 Å². The Labute approximate surface area is 125 Å². The predicted molar refractivity (Wildman–Crippen MR) is 84.0 cm³/mol. The van der Waals surface area contributed by atoms with Crippen LogP contribution in [0.15, 0.2) is 0 Å². The average molecular weight is 291 g/mol. The second-order valence-electron chi connectivity index (χ2n) is 5.76. The van der Waals surface area contributed by atoms with Crippen LogP contribution in [0.4, 0.5) is 11.6 Å². The Hall–Kier alpha value is -1.85. The van der Waals surface area contributed by atoms with Gasteiger partial charge in [0.2, 0.25) is 5.91 Å². The highest BCUT2D eigenvalue weighted by atomic mass is 16.1. The molecule has 0 saturated heterocycles. The van der Waals surface area contributed by atoms with Crippen LogP contribution < -0.4 is 16.4 Å². The van der Waals surface area contributed by atoms with Crippen molar-refractivity contribution in [1.82, 2.24) is 9.97 Å². The molecule has 4 N–H and O–H groups in total. The molecule has 6 heteroatoms. The number of nitrogens with zero attached hydrogens (tertiary/aromatic N) is 3. The Kier molecular flexibility index (Phi) is 4.98. The summed E-state index contributed by atoms with van der Waals surface area (Å²) in [6, 6.07) is 0.319. The van der Waals surface area contributed by atoms with Crippen LogP contribution in [0.2, 0.25) is 0 Å². The number of amides is 1. The maximum absolute atomic E-state index is 11.5. The lowest BCUT2D eigenvalue weighted by Gasteiger charge is -2.30. The minimum absolute atomic E-state index is 0.188. The number of rotatable bonds is 6. The van der Waals surface area contributed by atoms with Crippen LogP contribution in [-0.4, -0.2) is 28.5 Å². The van der Waals surface area contributed by atoms with E-state index in [0.29, 0.717) is 11.9 Å². The normalized spacial score (nSPS) is 15.3. The molecule has 1 amide bonds. The Morgan fingerprint density at radius 3 is 2.57 bits per heavy atom. The molecular formula is C15H25N5O. The second-order valence-corrected chi connectivity index (χ2v) is 5.76. The number of carbonyl (C=O) groups excluding carboxylic acids is 1. The van der Waals surface area contributed by atoms with Crippen molar-refractivity contribution in [2.75, 3.05) is 17.2 Å². The zero-order chi connectivity index (χ0) is 15.4. The minimum atomic E-state index is -0.337. The highest BCUT2D eigenvalue weighted by Gasteiger charge is 2.27. The van der Waals surface area contributed by atoms with Gasteiger partial charge in [-0.3, -0.25) is 4.79 Å². The summed E-state index contributed by atoms with van der Waals surface area (Å²) in [5.74, 6) is 1.67. The van der Waals surface area contributed by atoms with Crippen molar-refractivity contribution in [2.24, 2.45) is 5.73 Å². The lowest BCUT2D eigenvalue weighted by molar-refractivity contribution is -0.116. The summed E-state index contributed by atoms with van der Waals surface area (Å²) in [6.45, 7) is 4.17. The fourth-order valence-corrected chi connectivity index (χ4v) is 2.94. The molecule has 0 unspecified atom stereocenters. The molecule has 1 aromatic rings. The highest BCUT2D eigenvalue weighted by molar-refractivity contribution is 5.80. The molecule has 1 fully saturated rings. The van der Waals surface area contributed by atoms with Crippen LogP contribution in [0.1, 0.15) is 50.4 Å². The first-order valence-corrected chi connectivity index (χ1v) is 7.70. The molecule has 116 valence electrons. The number of primary amides is 1. The van der Waals surface area contributed by atoms with Gasteiger partial charge in [0.05, 0.1) is 6.54 Å². The number of nitrogen functional groups attached to an aromatic ring is 1. The summed E-state index contributed by atoms with van der Waals surface area (Å²) in [6.07, 6.45) is 6.25. The number of hydrogen-bond acceptors (Lipinski definition) is 5. The summed E-state index contributed by atoms with van der Waals surface area (Å²) in [7, 11) is 0. The molecular weight excluding hydrogens is 266 g/mol. The molecule has 1 saturated carbocycles. The summed E-state index contributed by atoms with van der Waals surface area (Å²) >= 11 is 0. The monoisotopic (exact) mass is 291 g/mol. The lowest BCUT2D eigenvalue weighted by atomic mass is 10.1. The first kappa shape index (κ1) is 15.5. The maximum atomic E-state index is 11.5. The maximum Gasteiger partial charge on any atom is 0.237 e. The molecule has 1 aromatic heterocycles. The van der Waals surface area contributed by atoms with E-state index in [1.54, 1.807) is 0 Å². The molecule has 0 bridgehead atoms. The SMILES string of the molecule is CCCc1nc(N)c(C)c(N(CC(N)=O)C2CCCC2)n1. The minimum Gasteiger partial charge on any atom is -0.383 e. The van der Waals surface area contributed by atoms with Crippen molar-refractivity contribution in [1.29, 1.82) is 0 Å². The Morgan fingerprint density at radius 1 is 1.33 bits per heavy atom. The van der Waals surface area contributed by atoms with Gasteiger partial charge in [-0.15, -0.1) is 0 Å². The molecule has 1 heterocycles. The Balaban J connectivity index is 2.39. The van der Waals surface area contributed by atoms with Gasteiger partial charge < -0.3 is 16.4 Å². The van der Waals surface area contributed by atoms with E-state index in [-0.39, 0.29) is 12.5 Å². The van der Waals surface area contributed by atoms with Crippen molar-refractivity contribution in [3.8, 4) is 0 Å². The molecule has 0 atom stereocenters. The van der Waals surface area contributed by atoms with Gasteiger partial charge in [-0.05, 0) is 26.2 Å². The van der Waals surface area contributed by atoms with Crippen molar-refractivity contribution in [3.05, 3.63) is 11.4 Å². The van der Waals surface area contributed by atoms with Gasteiger partial charge in [0.1, 0.15) is 17.5 Å². The van der Waals surface area contributed by atoms with Crippen molar-refractivity contribution in [3.63, 3.8) is 0 Å². The standard InChI is InChI=1S/C15H25N5O/c1-3-6-13-18-14(17)10(2)15(19-13)20(9-12(16)21)11-7-4-5-8-11/h11H,3-9H2,1-2H3,(H2,16,21)(H2,17,18,19). The van der Waals surface area contributed by atoms with E-state index in [4.69, 9.17) is 11.5 Å². The molecule has 2 rings (SSSR count). The molecule has 1 aliphatic carbocycles. The largest absolute Gasteiger partial charge is 0.383 e. The fourth-order valence-electron chi connectivity index (χ4n) is 2.94. The van der Waals surface area contributed by atoms with Gasteiger partial charge in [0.25, 0.3) is 0 Å². The van der Waals surface area contributed by atoms with Crippen LogP contribution in [0.5, 0.6) is 0 Å². The molecule has 6 nitrogen and oxygen atoms in total. The van der Waals surface area contributed by atoms with Gasteiger partial charge in [0.15, 0.2) is 0 Å². The van der Waals surface area contributed by atoms with E-state index in [9.17, 15) is 4.79 Å². The Morgan fingerprint density at radius 2 is 2.00 bits per heavy atom. The summed E-state index contributed by atoms with van der Waals surface area (Å²) in [5.41, 5.74) is 12.3. The molecule has 0 aromatic carbocycles. The van der Waals surface area contributed by atoms with E-state index in [1.807, 2.05) is 11.8 Å². The topological polar surface area (TPSA) is 98.1 Å². The number of hydrogen-bond donors (Lipinski definition) is 2. The van der Waals surface area contributed by atoms with Gasteiger partial charge in [-0.1, -0.05) is 19.8 Å². The number of aryl methyl sites for hydroxylation is 1. The van der Waals surface area contributed by atoms with Gasteiger partial charge in [-0.2, -0.15) is 0 Å². The third-order valence-corrected chi connectivity index (χ3v) is 4.04. The quantitative estimate of drug-likeness (QED) is 0.828. The van der Waals surface area contributed by atoms with E-state index in [1.165, 1.54) is 12.8 Å². The number of anilines is 2. The fraction of sp³-hybridized carbons (Fsp3) is 0.667. The third-order valence-electron chi connectivity index (χ3n) is 4.04. The smallest absolute Gasteiger partial charge is 0.237 e. The highest BCUT2D eigenvalue weighted by Crippen LogP contribution is 2.30. The third kappa shape index (κ3) is 3.62. The summed E-state index contributed by atoms with van der Waals surface area (Å²) in [5, 5.41) is 0. The van der Waals surface area contributed by atoms with Crippen LogP contribution in [-0.2, 0) is 11.2 Å². The Bertz CT molecular complexity index is 511.